The average Bonchev–Trinajstić information content (AvgIpc) is 2.77. The molecule has 0 saturated carbocycles. The van der Waals surface area contributed by atoms with E-state index in [1.807, 2.05) is 7.05 Å². The zero-order chi connectivity index (χ0) is 13.6. The molecule has 1 aliphatic rings. The highest BCUT2D eigenvalue weighted by molar-refractivity contribution is 6.31. The zero-order valence-corrected chi connectivity index (χ0v) is 11.3. The molecule has 0 amide bonds. The van der Waals surface area contributed by atoms with Crippen LogP contribution in [0.3, 0.4) is 0 Å². The van der Waals surface area contributed by atoms with Gasteiger partial charge in [-0.2, -0.15) is 0 Å². The maximum Gasteiger partial charge on any atom is 0.329 e. The standard InChI is InChI=1S/C13H14ClN3O2/c1-16-5-4-9(7-16)17-12(18)10-6-8(14)2-3-11(10)15-13(17)19/h2-3,6,9H,4-5,7H2,1H3,(H,15,19). The number of aromatic nitrogens is 2. The SMILES string of the molecule is CN1CCC(n2c(=O)[nH]c3ccc(Cl)cc3c2=O)C1. The van der Waals surface area contributed by atoms with Crippen molar-refractivity contribution in [2.75, 3.05) is 20.1 Å². The summed E-state index contributed by atoms with van der Waals surface area (Å²) < 4.78 is 1.32. The summed E-state index contributed by atoms with van der Waals surface area (Å²) in [5.74, 6) is 0. The van der Waals surface area contributed by atoms with Crippen molar-refractivity contribution in [2.24, 2.45) is 0 Å². The lowest BCUT2D eigenvalue weighted by Crippen LogP contribution is -2.38. The van der Waals surface area contributed by atoms with Crippen LogP contribution < -0.4 is 11.2 Å². The molecule has 1 atom stereocenters. The van der Waals surface area contributed by atoms with Crippen LogP contribution in [0.15, 0.2) is 27.8 Å². The third-order valence-electron chi connectivity index (χ3n) is 3.62. The number of hydrogen-bond acceptors (Lipinski definition) is 3. The Morgan fingerprint density at radius 2 is 2.16 bits per heavy atom. The lowest BCUT2D eigenvalue weighted by molar-refractivity contribution is 0.386. The monoisotopic (exact) mass is 279 g/mol. The molecule has 0 spiro atoms. The predicted molar refractivity (Wildman–Crippen MR) is 75.0 cm³/mol. The smallest absolute Gasteiger partial charge is 0.307 e. The topological polar surface area (TPSA) is 58.1 Å². The third-order valence-corrected chi connectivity index (χ3v) is 3.86. The molecule has 1 saturated heterocycles. The molecule has 3 rings (SSSR count). The summed E-state index contributed by atoms with van der Waals surface area (Å²) in [4.78, 5) is 29.4. The first-order chi connectivity index (χ1) is 9.06. The molecular formula is C13H14ClN3O2. The van der Waals surface area contributed by atoms with Gasteiger partial charge in [-0.25, -0.2) is 4.79 Å². The molecule has 5 nitrogen and oxygen atoms in total. The van der Waals surface area contributed by atoms with Crippen molar-refractivity contribution >= 4 is 22.5 Å². The highest BCUT2D eigenvalue weighted by Gasteiger charge is 2.24. The van der Waals surface area contributed by atoms with Crippen LogP contribution in [0.1, 0.15) is 12.5 Å². The number of nitrogens with one attached hydrogen (secondary N) is 1. The minimum absolute atomic E-state index is 0.0652. The Labute approximate surface area is 114 Å². The summed E-state index contributed by atoms with van der Waals surface area (Å²) in [7, 11) is 1.98. The number of H-pyrrole nitrogens is 1. The van der Waals surface area contributed by atoms with Crippen molar-refractivity contribution in [1.29, 1.82) is 0 Å². The van der Waals surface area contributed by atoms with E-state index in [0.717, 1.165) is 19.5 Å². The molecular weight excluding hydrogens is 266 g/mol. The quantitative estimate of drug-likeness (QED) is 0.854. The Morgan fingerprint density at radius 1 is 1.37 bits per heavy atom. The molecule has 0 radical (unpaired) electrons. The highest BCUT2D eigenvalue weighted by Crippen LogP contribution is 2.18. The molecule has 1 N–H and O–H groups in total. The zero-order valence-electron chi connectivity index (χ0n) is 10.5. The molecule has 19 heavy (non-hydrogen) atoms. The van der Waals surface area contributed by atoms with Gasteiger partial charge in [-0.1, -0.05) is 11.6 Å². The van der Waals surface area contributed by atoms with Crippen molar-refractivity contribution in [1.82, 2.24) is 14.5 Å². The van der Waals surface area contributed by atoms with Gasteiger partial charge in [-0.15, -0.1) is 0 Å². The lowest BCUT2D eigenvalue weighted by Gasteiger charge is -2.13. The number of benzene rings is 1. The van der Waals surface area contributed by atoms with Crippen molar-refractivity contribution in [3.05, 3.63) is 44.1 Å². The van der Waals surface area contributed by atoms with Crippen molar-refractivity contribution in [3.63, 3.8) is 0 Å². The number of hydrogen-bond donors (Lipinski definition) is 1. The summed E-state index contributed by atoms with van der Waals surface area (Å²) in [6.45, 7) is 1.61. The largest absolute Gasteiger partial charge is 0.329 e. The lowest BCUT2D eigenvalue weighted by atomic mass is 10.2. The fourth-order valence-electron chi connectivity index (χ4n) is 2.65. The number of rotatable bonds is 1. The maximum atomic E-state index is 12.5. The molecule has 100 valence electrons. The second-order valence-corrected chi connectivity index (χ2v) is 5.44. The van der Waals surface area contributed by atoms with E-state index in [1.165, 1.54) is 4.57 Å². The summed E-state index contributed by atoms with van der Waals surface area (Å²) in [5, 5.41) is 0.952. The predicted octanol–water partition coefficient (Wildman–Crippen LogP) is 1.22. The van der Waals surface area contributed by atoms with Gasteiger partial charge in [0.1, 0.15) is 0 Å². The van der Waals surface area contributed by atoms with Crippen LogP contribution in [0.2, 0.25) is 5.02 Å². The molecule has 0 bridgehead atoms. The minimum atomic E-state index is -0.347. The Bertz CT molecular complexity index is 750. The van der Waals surface area contributed by atoms with Gasteiger partial charge < -0.3 is 9.88 Å². The summed E-state index contributed by atoms with van der Waals surface area (Å²) >= 11 is 5.92. The molecule has 6 heteroatoms. The van der Waals surface area contributed by atoms with Crippen molar-refractivity contribution in [2.45, 2.75) is 12.5 Å². The van der Waals surface area contributed by atoms with E-state index in [1.54, 1.807) is 18.2 Å². The van der Waals surface area contributed by atoms with E-state index in [9.17, 15) is 9.59 Å². The van der Waals surface area contributed by atoms with Crippen LogP contribution in [0.5, 0.6) is 0 Å². The van der Waals surface area contributed by atoms with Gasteiger partial charge in [-0.05, 0) is 38.2 Å². The Balaban J connectivity index is 2.25. The summed E-state index contributed by atoms with van der Waals surface area (Å²) in [5.41, 5.74) is -0.0799. The van der Waals surface area contributed by atoms with E-state index in [0.29, 0.717) is 15.9 Å². The number of likely N-dealkylation sites (tertiary alicyclic amines) is 1. The third kappa shape index (κ3) is 2.09. The Hall–Kier alpha value is -1.59. The Kier molecular flexibility index (Phi) is 2.95. The van der Waals surface area contributed by atoms with E-state index in [4.69, 9.17) is 11.6 Å². The van der Waals surface area contributed by atoms with Crippen LogP contribution >= 0.6 is 11.6 Å². The van der Waals surface area contributed by atoms with Crippen LogP contribution in [0, 0.1) is 0 Å². The van der Waals surface area contributed by atoms with E-state index in [-0.39, 0.29) is 17.3 Å². The molecule has 1 fully saturated rings. The van der Waals surface area contributed by atoms with Gasteiger partial charge >= 0.3 is 5.69 Å². The van der Waals surface area contributed by atoms with Crippen molar-refractivity contribution < 1.29 is 0 Å². The van der Waals surface area contributed by atoms with Crippen LogP contribution in [-0.4, -0.2) is 34.6 Å². The number of aromatic amines is 1. The molecule has 2 heterocycles. The number of fused-ring (bicyclic) bond motifs is 1. The molecule has 1 aromatic carbocycles. The second-order valence-electron chi connectivity index (χ2n) is 5.00. The Morgan fingerprint density at radius 3 is 2.84 bits per heavy atom. The summed E-state index contributed by atoms with van der Waals surface area (Å²) in [6.07, 6.45) is 0.811. The number of halogens is 1. The van der Waals surface area contributed by atoms with Gasteiger partial charge in [0.15, 0.2) is 0 Å². The van der Waals surface area contributed by atoms with Gasteiger partial charge in [0, 0.05) is 11.6 Å². The molecule has 1 unspecified atom stereocenters. The van der Waals surface area contributed by atoms with E-state index < -0.39 is 0 Å². The van der Waals surface area contributed by atoms with Gasteiger partial charge in [-0.3, -0.25) is 9.36 Å². The maximum absolute atomic E-state index is 12.5. The first-order valence-electron chi connectivity index (χ1n) is 6.19. The number of likely N-dealkylation sites (N-methyl/N-ethyl adjacent to an activating group) is 1. The molecule has 0 aliphatic carbocycles. The first kappa shape index (κ1) is 12.4. The van der Waals surface area contributed by atoms with Crippen LogP contribution in [-0.2, 0) is 0 Å². The minimum Gasteiger partial charge on any atom is -0.307 e. The molecule has 1 aliphatic heterocycles. The van der Waals surface area contributed by atoms with Crippen molar-refractivity contribution in [3.8, 4) is 0 Å². The molecule has 2 aromatic rings. The van der Waals surface area contributed by atoms with Crippen LogP contribution in [0.25, 0.3) is 10.9 Å². The first-order valence-corrected chi connectivity index (χ1v) is 6.56. The second kappa shape index (κ2) is 4.51. The van der Waals surface area contributed by atoms with Gasteiger partial charge in [0.2, 0.25) is 0 Å². The average molecular weight is 280 g/mol. The fourth-order valence-corrected chi connectivity index (χ4v) is 2.83. The van der Waals surface area contributed by atoms with E-state index in [2.05, 4.69) is 9.88 Å². The van der Waals surface area contributed by atoms with E-state index >= 15 is 0 Å². The normalized spacial score (nSPS) is 20.2. The fraction of sp³-hybridized carbons (Fsp3) is 0.385. The van der Waals surface area contributed by atoms with Gasteiger partial charge in [0.25, 0.3) is 5.56 Å². The number of nitrogens with zero attached hydrogens (tertiary/aromatic N) is 2. The molecule has 1 aromatic heterocycles. The summed E-state index contributed by atoms with van der Waals surface area (Å²) in [6, 6.07) is 4.85. The van der Waals surface area contributed by atoms with Crippen LogP contribution in [0.4, 0.5) is 0 Å². The highest BCUT2D eigenvalue weighted by atomic mass is 35.5. The van der Waals surface area contributed by atoms with Gasteiger partial charge in [0.05, 0.1) is 16.9 Å².